The Morgan fingerprint density at radius 3 is 1.28 bits per heavy atom. The first-order valence-electron chi connectivity index (χ1n) is 22.3. The highest BCUT2D eigenvalue weighted by Gasteiger charge is 2.13. The number of carbonyl (C=O) groups excluding carboxylic acids is 1. The van der Waals surface area contributed by atoms with Crippen molar-refractivity contribution in [3.63, 3.8) is 0 Å². The number of aliphatic hydroxyl groups is 1. The van der Waals surface area contributed by atoms with Crippen LogP contribution in [-0.2, 0) is 14.3 Å². The average molecular weight is 749 g/mol. The van der Waals surface area contributed by atoms with Gasteiger partial charge in [-0.2, -0.15) is 0 Å². The van der Waals surface area contributed by atoms with Crippen LogP contribution in [0.15, 0.2) is 97.2 Å². The summed E-state index contributed by atoms with van der Waals surface area (Å²) in [6, 6.07) is 0. The molecular formula is C50H84O4. The van der Waals surface area contributed by atoms with E-state index in [1.165, 1.54) is 83.5 Å². The first kappa shape index (κ1) is 51.3. The van der Waals surface area contributed by atoms with E-state index >= 15 is 0 Å². The van der Waals surface area contributed by atoms with Gasteiger partial charge in [-0.25, -0.2) is 0 Å². The molecule has 1 N–H and O–H groups in total. The van der Waals surface area contributed by atoms with Crippen LogP contribution in [0.4, 0.5) is 0 Å². The van der Waals surface area contributed by atoms with Gasteiger partial charge in [0.15, 0.2) is 0 Å². The summed E-state index contributed by atoms with van der Waals surface area (Å²) in [4.78, 5) is 12.2. The van der Waals surface area contributed by atoms with Gasteiger partial charge in [0.1, 0.15) is 6.10 Å². The van der Waals surface area contributed by atoms with Crippen molar-refractivity contribution in [3.8, 4) is 0 Å². The number of allylic oxidation sites excluding steroid dienone is 16. The Morgan fingerprint density at radius 1 is 0.463 bits per heavy atom. The lowest BCUT2D eigenvalue weighted by molar-refractivity contribution is -0.154. The first-order chi connectivity index (χ1) is 26.7. The average Bonchev–Trinajstić information content (AvgIpc) is 3.18. The zero-order chi connectivity index (χ0) is 39.1. The van der Waals surface area contributed by atoms with Crippen molar-refractivity contribution in [2.45, 2.75) is 193 Å². The van der Waals surface area contributed by atoms with Crippen molar-refractivity contribution in [3.05, 3.63) is 97.2 Å². The van der Waals surface area contributed by atoms with E-state index < -0.39 is 6.10 Å². The Hall–Kier alpha value is -2.69. The van der Waals surface area contributed by atoms with Crippen LogP contribution in [0, 0.1) is 0 Å². The molecule has 0 aromatic heterocycles. The summed E-state index contributed by atoms with van der Waals surface area (Å²) in [5.74, 6) is -0.238. The highest BCUT2D eigenvalue weighted by atomic mass is 16.6. The summed E-state index contributed by atoms with van der Waals surface area (Å²) in [5.41, 5.74) is 0. The molecule has 1 unspecified atom stereocenters. The van der Waals surface area contributed by atoms with Crippen LogP contribution in [0.3, 0.4) is 0 Å². The molecule has 0 aromatic rings. The summed E-state index contributed by atoms with van der Waals surface area (Å²) in [5, 5.41) is 9.61. The molecule has 0 aliphatic heterocycles. The Balaban J connectivity index is 3.58. The number of unbranched alkanes of at least 4 members (excludes halogenated alkanes) is 16. The molecule has 0 amide bonds. The van der Waals surface area contributed by atoms with Crippen molar-refractivity contribution in [1.29, 1.82) is 0 Å². The number of esters is 1. The standard InChI is InChI=1S/C50H84O4/c1-3-5-7-9-11-13-15-17-19-21-22-23-24-25-26-27-28-29-31-33-35-37-39-41-43-45-50(52)54-49(47-51)48-53-46-44-42-40-38-36-34-32-30-20-18-16-14-12-10-8-6-4-2/h5,7,11,13,17,19-20,22-23,25-26,28-30,33,35,49,51H,3-4,6,8-10,12,14-16,18,21,24,27,31-32,34,36-48H2,1-2H3/b7-5-,13-11-,19-17-,23-22-,26-25-,29-28-,30-20-,35-33-. The summed E-state index contributed by atoms with van der Waals surface area (Å²) < 4.78 is 11.1. The fourth-order valence-corrected chi connectivity index (χ4v) is 5.83. The van der Waals surface area contributed by atoms with Crippen molar-refractivity contribution in [2.24, 2.45) is 0 Å². The molecule has 0 spiro atoms. The van der Waals surface area contributed by atoms with E-state index in [-0.39, 0.29) is 19.2 Å². The van der Waals surface area contributed by atoms with Gasteiger partial charge >= 0.3 is 5.97 Å². The summed E-state index contributed by atoms with van der Waals surface area (Å²) in [7, 11) is 0. The molecule has 308 valence electrons. The molecule has 54 heavy (non-hydrogen) atoms. The van der Waals surface area contributed by atoms with E-state index in [1.54, 1.807) is 0 Å². The monoisotopic (exact) mass is 749 g/mol. The molecule has 0 saturated carbocycles. The van der Waals surface area contributed by atoms with Gasteiger partial charge in [-0.1, -0.05) is 182 Å². The second-order valence-electron chi connectivity index (χ2n) is 14.4. The van der Waals surface area contributed by atoms with Crippen LogP contribution in [0.2, 0.25) is 0 Å². The molecule has 0 heterocycles. The minimum absolute atomic E-state index is 0.194. The molecule has 4 heteroatoms. The van der Waals surface area contributed by atoms with Gasteiger partial charge in [0.05, 0.1) is 13.2 Å². The van der Waals surface area contributed by atoms with Crippen LogP contribution in [0.25, 0.3) is 0 Å². The number of carbonyl (C=O) groups is 1. The molecule has 0 saturated heterocycles. The predicted octanol–water partition coefficient (Wildman–Crippen LogP) is 14.9. The number of hydrogen-bond acceptors (Lipinski definition) is 4. The molecule has 0 aromatic carbocycles. The van der Waals surface area contributed by atoms with Crippen LogP contribution in [-0.4, -0.2) is 37.0 Å². The smallest absolute Gasteiger partial charge is 0.306 e. The molecule has 0 aliphatic rings. The molecular weight excluding hydrogens is 665 g/mol. The van der Waals surface area contributed by atoms with E-state index in [2.05, 4.69) is 111 Å². The Bertz CT molecular complexity index is 1010. The zero-order valence-electron chi connectivity index (χ0n) is 35.2. The molecule has 1 atom stereocenters. The third kappa shape index (κ3) is 43.7. The van der Waals surface area contributed by atoms with Crippen LogP contribution in [0.1, 0.15) is 187 Å². The van der Waals surface area contributed by atoms with Crippen LogP contribution >= 0.6 is 0 Å². The van der Waals surface area contributed by atoms with Gasteiger partial charge in [0.25, 0.3) is 0 Å². The van der Waals surface area contributed by atoms with Gasteiger partial charge < -0.3 is 14.6 Å². The predicted molar refractivity (Wildman–Crippen MR) is 237 cm³/mol. The quantitative estimate of drug-likeness (QED) is 0.0385. The second kappa shape index (κ2) is 46.5. The maximum atomic E-state index is 12.2. The Morgan fingerprint density at radius 2 is 0.833 bits per heavy atom. The molecule has 0 fully saturated rings. The van der Waals surface area contributed by atoms with E-state index in [9.17, 15) is 9.90 Å². The second-order valence-corrected chi connectivity index (χ2v) is 14.4. The SMILES string of the molecule is CC/C=C\C/C=C\C/C=C\C/C=C\C/C=C\C/C=C\C/C=C\CCCCCC(=O)OC(CO)COCCCCCCCC/C=C\CCCCCCCCC. The summed E-state index contributed by atoms with van der Waals surface area (Å²) in [6.07, 6.45) is 66.1. The van der Waals surface area contributed by atoms with Gasteiger partial charge in [0, 0.05) is 13.0 Å². The van der Waals surface area contributed by atoms with Gasteiger partial charge in [-0.05, 0) is 96.3 Å². The first-order valence-corrected chi connectivity index (χ1v) is 22.3. The van der Waals surface area contributed by atoms with Crippen LogP contribution < -0.4 is 0 Å². The lowest BCUT2D eigenvalue weighted by atomic mass is 10.1. The fourth-order valence-electron chi connectivity index (χ4n) is 5.83. The van der Waals surface area contributed by atoms with E-state index in [4.69, 9.17) is 9.47 Å². The number of aliphatic hydroxyl groups excluding tert-OH is 1. The van der Waals surface area contributed by atoms with Gasteiger partial charge in [-0.15, -0.1) is 0 Å². The molecule has 0 aliphatic carbocycles. The highest BCUT2D eigenvalue weighted by Crippen LogP contribution is 2.11. The zero-order valence-corrected chi connectivity index (χ0v) is 35.2. The fraction of sp³-hybridized carbons (Fsp3) is 0.660. The Kier molecular flexibility index (Phi) is 44.1. The highest BCUT2D eigenvalue weighted by molar-refractivity contribution is 5.69. The van der Waals surface area contributed by atoms with Crippen molar-refractivity contribution >= 4 is 5.97 Å². The minimum Gasteiger partial charge on any atom is -0.457 e. The van der Waals surface area contributed by atoms with Crippen molar-refractivity contribution in [2.75, 3.05) is 19.8 Å². The number of rotatable bonds is 40. The molecule has 0 radical (unpaired) electrons. The van der Waals surface area contributed by atoms with E-state index in [0.717, 1.165) is 83.5 Å². The largest absolute Gasteiger partial charge is 0.457 e. The van der Waals surface area contributed by atoms with Crippen molar-refractivity contribution in [1.82, 2.24) is 0 Å². The van der Waals surface area contributed by atoms with E-state index in [1.807, 2.05) is 0 Å². The van der Waals surface area contributed by atoms with Crippen LogP contribution in [0.5, 0.6) is 0 Å². The Labute approximate surface area is 334 Å². The number of hydrogen-bond donors (Lipinski definition) is 1. The third-order valence-electron chi connectivity index (χ3n) is 9.14. The van der Waals surface area contributed by atoms with Gasteiger partial charge in [-0.3, -0.25) is 4.79 Å². The molecule has 0 bridgehead atoms. The maximum Gasteiger partial charge on any atom is 0.306 e. The normalized spacial score (nSPS) is 13.3. The summed E-state index contributed by atoms with van der Waals surface area (Å²) in [6.45, 7) is 5.17. The minimum atomic E-state index is -0.562. The van der Waals surface area contributed by atoms with Crippen molar-refractivity contribution < 1.29 is 19.4 Å². The molecule has 0 rings (SSSR count). The summed E-state index contributed by atoms with van der Waals surface area (Å²) >= 11 is 0. The lowest BCUT2D eigenvalue weighted by Crippen LogP contribution is -2.27. The third-order valence-corrected chi connectivity index (χ3v) is 9.14. The van der Waals surface area contributed by atoms with Gasteiger partial charge in [0.2, 0.25) is 0 Å². The van der Waals surface area contributed by atoms with E-state index in [0.29, 0.717) is 13.0 Å². The maximum absolute atomic E-state index is 12.2. The lowest BCUT2D eigenvalue weighted by Gasteiger charge is -2.15. The molecule has 4 nitrogen and oxygen atoms in total. The topological polar surface area (TPSA) is 55.8 Å². The number of ether oxygens (including phenoxy) is 2.